The zero-order valence-electron chi connectivity index (χ0n) is 11.4. The van der Waals surface area contributed by atoms with Crippen LogP contribution in [0.3, 0.4) is 0 Å². The number of halogens is 1. The zero-order chi connectivity index (χ0) is 14.7. The van der Waals surface area contributed by atoms with Crippen LogP contribution in [0, 0.1) is 0 Å². The highest BCUT2D eigenvalue weighted by Crippen LogP contribution is 2.31. The van der Waals surface area contributed by atoms with Crippen molar-refractivity contribution in [3.63, 3.8) is 0 Å². The predicted molar refractivity (Wildman–Crippen MR) is 83.4 cm³/mol. The number of carbonyl (C=O) groups excluding carboxylic acids is 1. The molecule has 0 saturated carbocycles. The van der Waals surface area contributed by atoms with Crippen molar-refractivity contribution in [1.29, 1.82) is 0 Å². The van der Waals surface area contributed by atoms with Gasteiger partial charge in [0.15, 0.2) is 4.67 Å². The van der Waals surface area contributed by atoms with E-state index < -0.39 is 0 Å². The fraction of sp³-hybridized carbons (Fsp3) is 0.250. The third-order valence-corrected chi connectivity index (χ3v) is 4.04. The van der Waals surface area contributed by atoms with Crippen LogP contribution in [-0.2, 0) is 4.79 Å². The highest BCUT2D eigenvalue weighted by atomic mass is 79.9. The van der Waals surface area contributed by atoms with E-state index >= 15 is 0 Å². The van der Waals surface area contributed by atoms with Crippen LogP contribution in [0.2, 0.25) is 0 Å². The minimum Gasteiger partial charge on any atom is -0.450 e. The van der Waals surface area contributed by atoms with E-state index in [0.717, 1.165) is 24.9 Å². The van der Waals surface area contributed by atoms with Crippen LogP contribution in [0.1, 0.15) is 30.2 Å². The van der Waals surface area contributed by atoms with Gasteiger partial charge >= 0.3 is 0 Å². The molecule has 0 unspecified atom stereocenters. The van der Waals surface area contributed by atoms with E-state index in [0.29, 0.717) is 10.4 Å². The van der Waals surface area contributed by atoms with Gasteiger partial charge in [-0.3, -0.25) is 9.78 Å². The Hall–Kier alpha value is -1.88. The number of hydrogen-bond donors (Lipinski definition) is 0. The maximum atomic E-state index is 12.4. The first-order chi connectivity index (χ1) is 10.2. The van der Waals surface area contributed by atoms with Crippen LogP contribution in [0.4, 0.5) is 0 Å². The smallest absolute Gasteiger partial charge is 0.247 e. The van der Waals surface area contributed by atoms with Crippen LogP contribution in [-0.4, -0.2) is 22.3 Å². The van der Waals surface area contributed by atoms with E-state index in [9.17, 15) is 4.79 Å². The fourth-order valence-corrected chi connectivity index (χ4v) is 2.95. The SMILES string of the molecule is O=C(/C=C/c1ccc(Br)o1)N1CCC[C@@H]1c1ccncc1. The van der Waals surface area contributed by atoms with Crippen molar-refractivity contribution in [2.24, 2.45) is 0 Å². The van der Waals surface area contributed by atoms with Gasteiger partial charge in [0, 0.05) is 25.0 Å². The molecule has 5 heteroatoms. The summed E-state index contributed by atoms with van der Waals surface area (Å²) in [5.41, 5.74) is 1.14. The lowest BCUT2D eigenvalue weighted by Crippen LogP contribution is -2.28. The van der Waals surface area contributed by atoms with Crippen molar-refractivity contribution in [1.82, 2.24) is 9.88 Å². The standard InChI is InChI=1S/C16H15BrN2O2/c17-15-5-3-13(21-15)4-6-16(20)19-11-1-2-14(19)12-7-9-18-10-8-12/h3-10,14H,1-2,11H2/b6-4+/t14-/m1/s1. The van der Waals surface area contributed by atoms with Crippen LogP contribution in [0.5, 0.6) is 0 Å². The van der Waals surface area contributed by atoms with Gasteiger partial charge in [-0.1, -0.05) is 0 Å². The Morgan fingerprint density at radius 3 is 2.86 bits per heavy atom. The summed E-state index contributed by atoms with van der Waals surface area (Å²) in [6.45, 7) is 0.790. The number of amides is 1. The van der Waals surface area contributed by atoms with Gasteiger partial charge in [0.2, 0.25) is 5.91 Å². The molecule has 0 radical (unpaired) electrons. The lowest BCUT2D eigenvalue weighted by atomic mass is 10.1. The van der Waals surface area contributed by atoms with Gasteiger partial charge in [0.05, 0.1) is 6.04 Å². The Morgan fingerprint density at radius 2 is 2.14 bits per heavy atom. The number of nitrogens with zero attached hydrogens (tertiary/aromatic N) is 2. The maximum absolute atomic E-state index is 12.4. The Balaban J connectivity index is 1.73. The number of carbonyl (C=O) groups is 1. The van der Waals surface area contributed by atoms with E-state index in [1.54, 1.807) is 30.6 Å². The Bertz CT molecular complexity index is 651. The molecule has 4 nitrogen and oxygen atoms in total. The molecular formula is C16H15BrN2O2. The molecule has 1 aliphatic heterocycles. The molecule has 2 aromatic heterocycles. The van der Waals surface area contributed by atoms with E-state index in [2.05, 4.69) is 20.9 Å². The molecule has 108 valence electrons. The van der Waals surface area contributed by atoms with E-state index in [-0.39, 0.29) is 11.9 Å². The topological polar surface area (TPSA) is 46.3 Å². The first kappa shape index (κ1) is 14.1. The number of likely N-dealkylation sites (tertiary alicyclic amines) is 1. The van der Waals surface area contributed by atoms with E-state index in [1.165, 1.54) is 0 Å². The monoisotopic (exact) mass is 346 g/mol. The molecule has 1 fully saturated rings. The van der Waals surface area contributed by atoms with Crippen molar-refractivity contribution in [3.8, 4) is 0 Å². The lowest BCUT2D eigenvalue weighted by Gasteiger charge is -2.23. The number of rotatable bonds is 3. The quantitative estimate of drug-likeness (QED) is 0.793. The summed E-state index contributed by atoms with van der Waals surface area (Å²) in [6, 6.07) is 7.72. The zero-order valence-corrected chi connectivity index (χ0v) is 13.0. The van der Waals surface area contributed by atoms with Crippen molar-refractivity contribution in [3.05, 3.63) is 58.7 Å². The minimum atomic E-state index is 0.0156. The third-order valence-electron chi connectivity index (χ3n) is 3.61. The summed E-state index contributed by atoms with van der Waals surface area (Å²) in [5.74, 6) is 0.678. The first-order valence-corrected chi connectivity index (χ1v) is 7.67. The second-order valence-corrected chi connectivity index (χ2v) is 5.73. The Labute approximate surface area is 131 Å². The van der Waals surface area contributed by atoms with Gasteiger partial charge in [0.25, 0.3) is 0 Å². The molecule has 0 aromatic carbocycles. The maximum Gasteiger partial charge on any atom is 0.247 e. The minimum absolute atomic E-state index is 0.0156. The molecule has 0 N–H and O–H groups in total. The summed E-state index contributed by atoms with van der Waals surface area (Å²) in [5, 5.41) is 0. The average molecular weight is 347 g/mol. The molecule has 2 aromatic rings. The second-order valence-electron chi connectivity index (χ2n) is 4.95. The molecule has 0 spiro atoms. The van der Waals surface area contributed by atoms with E-state index in [1.807, 2.05) is 23.1 Å². The second kappa shape index (κ2) is 6.26. The van der Waals surface area contributed by atoms with Gasteiger partial charge in [0.1, 0.15) is 5.76 Å². The van der Waals surface area contributed by atoms with Gasteiger partial charge in [-0.2, -0.15) is 0 Å². The molecule has 0 bridgehead atoms. The molecule has 1 atom stereocenters. The summed E-state index contributed by atoms with van der Waals surface area (Å²) >= 11 is 3.24. The van der Waals surface area contributed by atoms with Crippen LogP contribution >= 0.6 is 15.9 Å². The molecule has 1 saturated heterocycles. The van der Waals surface area contributed by atoms with Crippen molar-refractivity contribution >= 4 is 27.9 Å². The number of pyridine rings is 1. The first-order valence-electron chi connectivity index (χ1n) is 6.88. The van der Waals surface area contributed by atoms with Crippen LogP contribution in [0.15, 0.2) is 51.8 Å². The van der Waals surface area contributed by atoms with Crippen molar-refractivity contribution < 1.29 is 9.21 Å². The molecule has 3 rings (SSSR count). The molecule has 0 aliphatic carbocycles. The van der Waals surface area contributed by atoms with Gasteiger partial charge < -0.3 is 9.32 Å². The molecule has 1 aliphatic rings. The fourth-order valence-electron chi connectivity index (χ4n) is 2.63. The van der Waals surface area contributed by atoms with Crippen LogP contribution in [0.25, 0.3) is 6.08 Å². The summed E-state index contributed by atoms with van der Waals surface area (Å²) in [4.78, 5) is 18.3. The van der Waals surface area contributed by atoms with E-state index in [4.69, 9.17) is 4.42 Å². The molecule has 21 heavy (non-hydrogen) atoms. The predicted octanol–water partition coefficient (Wildman–Crippen LogP) is 3.81. The molecular weight excluding hydrogens is 332 g/mol. The van der Waals surface area contributed by atoms with Gasteiger partial charge in [-0.05, 0) is 64.7 Å². The summed E-state index contributed by atoms with van der Waals surface area (Å²) in [7, 11) is 0. The van der Waals surface area contributed by atoms with Crippen molar-refractivity contribution in [2.75, 3.05) is 6.54 Å². The average Bonchev–Trinajstić information content (AvgIpc) is 3.14. The number of furan rings is 1. The van der Waals surface area contributed by atoms with Crippen molar-refractivity contribution in [2.45, 2.75) is 18.9 Å². The van der Waals surface area contributed by atoms with Gasteiger partial charge in [-0.25, -0.2) is 0 Å². The summed E-state index contributed by atoms with van der Waals surface area (Å²) in [6.07, 6.45) is 8.84. The Kier molecular flexibility index (Phi) is 4.20. The summed E-state index contributed by atoms with van der Waals surface area (Å²) < 4.78 is 6.02. The van der Waals surface area contributed by atoms with Gasteiger partial charge in [-0.15, -0.1) is 0 Å². The van der Waals surface area contributed by atoms with Crippen LogP contribution < -0.4 is 0 Å². The molecule has 1 amide bonds. The molecule has 3 heterocycles. The lowest BCUT2D eigenvalue weighted by molar-refractivity contribution is -0.126. The third kappa shape index (κ3) is 3.24. The highest BCUT2D eigenvalue weighted by molar-refractivity contribution is 9.10. The highest BCUT2D eigenvalue weighted by Gasteiger charge is 2.28. The normalized spacial score (nSPS) is 18.5. The largest absolute Gasteiger partial charge is 0.450 e. The Morgan fingerprint density at radius 1 is 1.33 bits per heavy atom. The number of hydrogen-bond acceptors (Lipinski definition) is 3. The number of aromatic nitrogens is 1.